The molecule has 0 saturated heterocycles. The standard InChI is InChI=1S/C26H27F3N6O/c1-4-34-14-21(26(27,28)29)32-24(34)19-10-8-17(9-11-19)16(2)35-13-12-20(33-35)22-23(18-6-5-7-18)30-15-31-25(22)36-3/h8-16,18H,4-7H2,1-3H3/t16-/m1/s1. The van der Waals surface area contributed by atoms with Gasteiger partial charge in [0.2, 0.25) is 5.88 Å². The predicted molar refractivity (Wildman–Crippen MR) is 129 cm³/mol. The van der Waals surface area contributed by atoms with Crippen LogP contribution in [0.1, 0.15) is 62.0 Å². The fourth-order valence-electron chi connectivity index (χ4n) is 4.54. The Hall–Kier alpha value is -3.69. The second-order valence-electron chi connectivity index (χ2n) is 8.98. The average molecular weight is 497 g/mol. The lowest BCUT2D eigenvalue weighted by atomic mass is 9.81. The van der Waals surface area contributed by atoms with E-state index in [1.807, 2.05) is 36.0 Å². The van der Waals surface area contributed by atoms with Crippen LogP contribution in [-0.4, -0.2) is 36.4 Å². The molecule has 0 amide bonds. The van der Waals surface area contributed by atoms with Crippen molar-refractivity contribution >= 4 is 0 Å². The first kappa shape index (κ1) is 24.0. The largest absolute Gasteiger partial charge is 0.480 e. The Labute approximate surface area is 207 Å². The Morgan fingerprint density at radius 3 is 2.47 bits per heavy atom. The number of benzene rings is 1. The highest BCUT2D eigenvalue weighted by molar-refractivity contribution is 5.68. The summed E-state index contributed by atoms with van der Waals surface area (Å²) in [6, 6.07) is 9.23. The van der Waals surface area contributed by atoms with E-state index in [1.165, 1.54) is 11.0 Å². The summed E-state index contributed by atoms with van der Waals surface area (Å²) in [6.07, 6.45) is 3.40. The maximum absolute atomic E-state index is 13.2. The van der Waals surface area contributed by atoms with Gasteiger partial charge in [0.25, 0.3) is 0 Å². The fraction of sp³-hybridized carbons (Fsp3) is 0.385. The van der Waals surface area contributed by atoms with Crippen molar-refractivity contribution in [3.63, 3.8) is 0 Å². The Morgan fingerprint density at radius 2 is 1.86 bits per heavy atom. The molecule has 10 heteroatoms. The van der Waals surface area contributed by atoms with Crippen LogP contribution in [0.5, 0.6) is 5.88 Å². The van der Waals surface area contributed by atoms with E-state index in [1.54, 1.807) is 32.5 Å². The van der Waals surface area contributed by atoms with Crippen LogP contribution in [0.25, 0.3) is 22.6 Å². The molecule has 0 bridgehead atoms. The normalized spacial score (nSPS) is 15.1. The van der Waals surface area contributed by atoms with Gasteiger partial charge in [-0.15, -0.1) is 0 Å². The second kappa shape index (κ2) is 9.40. The molecule has 1 aliphatic rings. The molecule has 0 aliphatic heterocycles. The molecule has 5 rings (SSSR count). The number of methoxy groups -OCH3 is 1. The third kappa shape index (κ3) is 4.36. The van der Waals surface area contributed by atoms with E-state index >= 15 is 0 Å². The molecule has 1 saturated carbocycles. The number of aryl methyl sites for hydroxylation is 1. The van der Waals surface area contributed by atoms with Crippen LogP contribution in [0.4, 0.5) is 13.2 Å². The van der Waals surface area contributed by atoms with Crippen LogP contribution in [-0.2, 0) is 12.7 Å². The van der Waals surface area contributed by atoms with Crippen molar-refractivity contribution in [2.45, 2.75) is 57.8 Å². The summed E-state index contributed by atoms with van der Waals surface area (Å²) in [6.45, 7) is 4.20. The van der Waals surface area contributed by atoms with Crippen LogP contribution < -0.4 is 4.74 Å². The zero-order valence-electron chi connectivity index (χ0n) is 20.3. The third-order valence-electron chi connectivity index (χ3n) is 6.85. The van der Waals surface area contributed by atoms with Gasteiger partial charge in [-0.1, -0.05) is 30.7 Å². The Morgan fingerprint density at radius 1 is 1.11 bits per heavy atom. The monoisotopic (exact) mass is 496 g/mol. The van der Waals surface area contributed by atoms with Crippen molar-refractivity contribution in [3.8, 4) is 28.5 Å². The quantitative estimate of drug-likeness (QED) is 0.308. The smallest absolute Gasteiger partial charge is 0.434 e. The maximum atomic E-state index is 13.2. The lowest BCUT2D eigenvalue weighted by Gasteiger charge is -2.26. The van der Waals surface area contributed by atoms with Crippen molar-refractivity contribution < 1.29 is 17.9 Å². The van der Waals surface area contributed by atoms with Gasteiger partial charge in [0, 0.05) is 30.4 Å². The number of rotatable bonds is 7. The number of ether oxygens (including phenoxy) is 1. The summed E-state index contributed by atoms with van der Waals surface area (Å²) >= 11 is 0. The van der Waals surface area contributed by atoms with Crippen LogP contribution in [0.15, 0.2) is 49.1 Å². The molecule has 1 aliphatic carbocycles. The molecule has 0 N–H and O–H groups in total. The molecule has 188 valence electrons. The van der Waals surface area contributed by atoms with Gasteiger partial charge in [0.15, 0.2) is 5.69 Å². The highest BCUT2D eigenvalue weighted by Crippen LogP contribution is 2.42. The molecular formula is C26H27F3N6O. The van der Waals surface area contributed by atoms with E-state index in [0.717, 1.165) is 41.6 Å². The molecule has 0 unspecified atom stereocenters. The average Bonchev–Trinajstić information content (AvgIpc) is 3.50. The van der Waals surface area contributed by atoms with Gasteiger partial charge in [0.05, 0.1) is 30.1 Å². The van der Waals surface area contributed by atoms with Crippen LogP contribution >= 0.6 is 0 Å². The summed E-state index contributed by atoms with van der Waals surface area (Å²) in [7, 11) is 1.60. The molecule has 7 nitrogen and oxygen atoms in total. The molecule has 36 heavy (non-hydrogen) atoms. The number of alkyl halides is 3. The van der Waals surface area contributed by atoms with Gasteiger partial charge < -0.3 is 9.30 Å². The van der Waals surface area contributed by atoms with Gasteiger partial charge >= 0.3 is 6.18 Å². The van der Waals surface area contributed by atoms with Crippen molar-refractivity contribution in [2.75, 3.05) is 7.11 Å². The summed E-state index contributed by atoms with van der Waals surface area (Å²) in [5.74, 6) is 1.20. The molecule has 1 atom stereocenters. The summed E-state index contributed by atoms with van der Waals surface area (Å²) in [5.41, 5.74) is 3.26. The van der Waals surface area contributed by atoms with Crippen LogP contribution in [0.2, 0.25) is 0 Å². The van der Waals surface area contributed by atoms with Crippen LogP contribution in [0.3, 0.4) is 0 Å². The molecular weight excluding hydrogens is 469 g/mol. The van der Waals surface area contributed by atoms with E-state index in [-0.39, 0.29) is 6.04 Å². The minimum absolute atomic E-state index is 0.104. The third-order valence-corrected chi connectivity index (χ3v) is 6.85. The zero-order chi connectivity index (χ0) is 25.4. The molecule has 1 fully saturated rings. The molecule has 3 heterocycles. The van der Waals surface area contributed by atoms with Gasteiger partial charge in [-0.3, -0.25) is 4.68 Å². The Balaban J connectivity index is 1.42. The van der Waals surface area contributed by atoms with E-state index in [9.17, 15) is 13.2 Å². The van der Waals surface area contributed by atoms with Crippen LogP contribution in [0, 0.1) is 0 Å². The lowest BCUT2D eigenvalue weighted by Crippen LogP contribution is -2.13. The van der Waals surface area contributed by atoms with E-state index in [2.05, 4.69) is 15.0 Å². The van der Waals surface area contributed by atoms with E-state index in [4.69, 9.17) is 9.84 Å². The van der Waals surface area contributed by atoms with Crippen molar-refractivity contribution in [1.29, 1.82) is 0 Å². The topological polar surface area (TPSA) is 70.7 Å². The maximum Gasteiger partial charge on any atom is 0.434 e. The van der Waals surface area contributed by atoms with Gasteiger partial charge in [-0.05, 0) is 38.3 Å². The summed E-state index contributed by atoms with van der Waals surface area (Å²) in [4.78, 5) is 12.7. The fourth-order valence-corrected chi connectivity index (χ4v) is 4.54. The minimum atomic E-state index is -4.48. The second-order valence-corrected chi connectivity index (χ2v) is 8.98. The molecule has 0 radical (unpaired) electrons. The number of imidazole rings is 1. The number of halogens is 3. The lowest BCUT2D eigenvalue weighted by molar-refractivity contribution is -0.140. The number of aromatic nitrogens is 6. The minimum Gasteiger partial charge on any atom is -0.480 e. The Kier molecular flexibility index (Phi) is 6.27. The zero-order valence-corrected chi connectivity index (χ0v) is 20.3. The van der Waals surface area contributed by atoms with Crippen molar-refractivity contribution in [2.24, 2.45) is 0 Å². The number of hydrogen-bond acceptors (Lipinski definition) is 5. The first-order valence-electron chi connectivity index (χ1n) is 12.0. The first-order valence-corrected chi connectivity index (χ1v) is 12.0. The number of nitrogens with zero attached hydrogens (tertiary/aromatic N) is 6. The molecule has 0 spiro atoms. The van der Waals surface area contributed by atoms with E-state index < -0.39 is 11.9 Å². The highest BCUT2D eigenvalue weighted by atomic mass is 19.4. The SMILES string of the molecule is CCn1cc(C(F)(F)F)nc1-c1ccc([C@@H](C)n2ccc(-c3c(OC)ncnc3C3CCC3)n2)cc1. The predicted octanol–water partition coefficient (Wildman–Crippen LogP) is 6.13. The first-order chi connectivity index (χ1) is 17.3. The Bertz CT molecular complexity index is 1360. The summed E-state index contributed by atoms with van der Waals surface area (Å²) < 4.78 is 48.4. The number of hydrogen-bond donors (Lipinski definition) is 0. The van der Waals surface area contributed by atoms with Gasteiger partial charge in [-0.2, -0.15) is 18.3 Å². The van der Waals surface area contributed by atoms with Crippen molar-refractivity contribution in [3.05, 3.63) is 66.0 Å². The molecule has 4 aromatic rings. The van der Waals surface area contributed by atoms with Gasteiger partial charge in [0.1, 0.15) is 12.2 Å². The van der Waals surface area contributed by atoms with E-state index in [0.29, 0.717) is 29.7 Å². The molecule has 1 aromatic carbocycles. The molecule has 3 aromatic heterocycles. The summed E-state index contributed by atoms with van der Waals surface area (Å²) in [5, 5.41) is 4.82. The van der Waals surface area contributed by atoms with Crippen molar-refractivity contribution in [1.82, 2.24) is 29.3 Å². The van der Waals surface area contributed by atoms with Gasteiger partial charge in [-0.25, -0.2) is 15.0 Å². The highest BCUT2D eigenvalue weighted by Gasteiger charge is 2.35.